The molecule has 2 fully saturated rings. The quantitative estimate of drug-likeness (QED) is 0.457. The number of amides is 1. The molecule has 2 atom stereocenters. The Labute approximate surface area is 198 Å². The lowest BCUT2D eigenvalue weighted by Gasteiger charge is -2.29. The first-order valence-corrected chi connectivity index (χ1v) is 11.8. The minimum absolute atomic E-state index is 0.00887. The van der Waals surface area contributed by atoms with Crippen LogP contribution in [0.25, 0.3) is 22.2 Å². The molecule has 0 bridgehead atoms. The number of nitrogens with one attached hydrogen (secondary N) is 2. The van der Waals surface area contributed by atoms with Crippen LogP contribution in [-0.4, -0.2) is 38.8 Å². The van der Waals surface area contributed by atoms with Gasteiger partial charge in [0.25, 0.3) is 5.91 Å². The summed E-state index contributed by atoms with van der Waals surface area (Å²) in [6.45, 7) is 3.12. The summed E-state index contributed by atoms with van der Waals surface area (Å²) in [5.41, 5.74) is 4.71. The maximum absolute atomic E-state index is 12.9. The first kappa shape index (κ1) is 20.9. The number of ether oxygens (including phenoxy) is 1. The van der Waals surface area contributed by atoms with Crippen LogP contribution < -0.4 is 15.4 Å². The maximum Gasteiger partial charge on any atom is 0.251 e. The molecule has 34 heavy (non-hydrogen) atoms. The molecule has 1 saturated carbocycles. The zero-order chi connectivity index (χ0) is 23.3. The van der Waals surface area contributed by atoms with Gasteiger partial charge in [0.1, 0.15) is 11.5 Å². The average molecular weight is 454 g/mol. The standard InChI is InChI=1S/C27H27N5O2/c1-3-17-12-18(5-7-22(17)26(33)31-25-15-27(25)9-11-29-27)23-13-21(8-10-28-23)34-20-6-4-19-16-30-32(2)24(19)14-20/h4-8,10,12-14,16,25,29H,3,9,11,15H2,1-2H3,(H,31,33)/t25-,27-/m1/s1. The van der Waals surface area contributed by atoms with Gasteiger partial charge >= 0.3 is 0 Å². The lowest BCUT2D eigenvalue weighted by Crippen LogP contribution is -2.51. The number of carbonyl (C=O) groups is 1. The van der Waals surface area contributed by atoms with Crippen molar-refractivity contribution in [3.8, 4) is 22.8 Å². The molecule has 7 heteroatoms. The monoisotopic (exact) mass is 453 g/mol. The van der Waals surface area contributed by atoms with Crippen molar-refractivity contribution in [3.63, 3.8) is 0 Å². The number of nitrogens with zero attached hydrogens (tertiary/aromatic N) is 3. The molecule has 2 aromatic carbocycles. The Balaban J connectivity index is 1.22. The number of carbonyl (C=O) groups excluding carboxylic acids is 1. The fourth-order valence-corrected chi connectivity index (χ4v) is 4.87. The van der Waals surface area contributed by atoms with E-state index in [2.05, 4.69) is 33.7 Å². The second-order valence-electron chi connectivity index (χ2n) is 9.26. The van der Waals surface area contributed by atoms with Crippen molar-refractivity contribution < 1.29 is 9.53 Å². The van der Waals surface area contributed by atoms with Crippen molar-refractivity contribution in [2.24, 2.45) is 7.05 Å². The molecule has 0 unspecified atom stereocenters. The number of hydrogen-bond donors (Lipinski definition) is 2. The number of pyridine rings is 1. The smallest absolute Gasteiger partial charge is 0.251 e. The van der Waals surface area contributed by atoms with Gasteiger partial charge in [-0.2, -0.15) is 5.10 Å². The molecule has 1 aliphatic heterocycles. The van der Waals surface area contributed by atoms with E-state index in [1.165, 1.54) is 0 Å². The molecule has 1 amide bonds. The SMILES string of the molecule is CCc1cc(-c2cc(Oc3ccc4cnn(C)c4c3)ccn2)ccc1C(=O)N[C@@H]1C[C@]12CCN2. The summed E-state index contributed by atoms with van der Waals surface area (Å²) in [5.74, 6) is 1.46. The van der Waals surface area contributed by atoms with Crippen molar-refractivity contribution in [2.45, 2.75) is 37.8 Å². The minimum Gasteiger partial charge on any atom is -0.457 e. The molecule has 0 radical (unpaired) electrons. The average Bonchev–Trinajstić information content (AvgIpc) is 3.46. The van der Waals surface area contributed by atoms with Crippen LogP contribution in [0.4, 0.5) is 0 Å². The number of hydrogen-bond acceptors (Lipinski definition) is 5. The Morgan fingerprint density at radius 2 is 2.06 bits per heavy atom. The second kappa shape index (κ2) is 7.95. The molecule has 3 heterocycles. The van der Waals surface area contributed by atoms with E-state index in [1.807, 2.05) is 60.4 Å². The van der Waals surface area contributed by atoms with E-state index < -0.39 is 0 Å². The van der Waals surface area contributed by atoms with Crippen LogP contribution in [0.5, 0.6) is 11.5 Å². The highest BCUT2D eigenvalue weighted by molar-refractivity contribution is 5.97. The highest BCUT2D eigenvalue weighted by Crippen LogP contribution is 2.44. The predicted octanol–water partition coefficient (Wildman–Crippen LogP) is 4.22. The van der Waals surface area contributed by atoms with Gasteiger partial charge in [0.05, 0.1) is 17.4 Å². The van der Waals surface area contributed by atoms with E-state index in [9.17, 15) is 4.79 Å². The Morgan fingerprint density at radius 3 is 2.82 bits per heavy atom. The third-order valence-electron chi connectivity index (χ3n) is 7.14. The molecule has 2 aromatic heterocycles. The first-order valence-electron chi connectivity index (χ1n) is 11.8. The third kappa shape index (κ3) is 3.62. The van der Waals surface area contributed by atoms with Crippen LogP contribution in [0.2, 0.25) is 0 Å². The van der Waals surface area contributed by atoms with Crippen LogP contribution in [0.15, 0.2) is 60.9 Å². The molecule has 1 spiro atoms. The summed E-state index contributed by atoms with van der Waals surface area (Å²) in [5, 5.41) is 12.0. The predicted molar refractivity (Wildman–Crippen MR) is 131 cm³/mol. The van der Waals surface area contributed by atoms with E-state index in [0.717, 1.165) is 64.8 Å². The van der Waals surface area contributed by atoms with Crippen LogP contribution >= 0.6 is 0 Å². The van der Waals surface area contributed by atoms with Gasteiger partial charge in [-0.1, -0.05) is 13.0 Å². The summed E-state index contributed by atoms with van der Waals surface area (Å²) in [6.07, 6.45) is 6.54. The van der Waals surface area contributed by atoms with Crippen molar-refractivity contribution in [1.82, 2.24) is 25.4 Å². The lowest BCUT2D eigenvalue weighted by molar-refractivity contribution is 0.0942. The summed E-state index contributed by atoms with van der Waals surface area (Å²) < 4.78 is 7.96. The fraction of sp³-hybridized carbons (Fsp3) is 0.296. The normalized spacial score (nSPS) is 20.8. The van der Waals surface area contributed by atoms with Crippen LogP contribution in [0.3, 0.4) is 0 Å². The van der Waals surface area contributed by atoms with Crippen molar-refractivity contribution in [3.05, 3.63) is 72.1 Å². The number of fused-ring (bicyclic) bond motifs is 1. The van der Waals surface area contributed by atoms with Crippen LogP contribution in [-0.2, 0) is 13.5 Å². The lowest BCUT2D eigenvalue weighted by atomic mass is 9.99. The number of aryl methyl sites for hydroxylation is 2. The van der Waals surface area contributed by atoms with Gasteiger partial charge < -0.3 is 15.4 Å². The third-order valence-corrected chi connectivity index (χ3v) is 7.14. The summed E-state index contributed by atoms with van der Waals surface area (Å²) in [4.78, 5) is 17.5. The summed E-state index contributed by atoms with van der Waals surface area (Å²) >= 11 is 0. The van der Waals surface area contributed by atoms with Gasteiger partial charge in [-0.3, -0.25) is 14.5 Å². The van der Waals surface area contributed by atoms with Crippen LogP contribution in [0.1, 0.15) is 35.7 Å². The van der Waals surface area contributed by atoms with E-state index >= 15 is 0 Å². The van der Waals surface area contributed by atoms with Crippen molar-refractivity contribution in [1.29, 1.82) is 0 Å². The molecule has 2 aliphatic rings. The zero-order valence-corrected chi connectivity index (χ0v) is 19.3. The summed E-state index contributed by atoms with van der Waals surface area (Å²) in [7, 11) is 1.92. The summed E-state index contributed by atoms with van der Waals surface area (Å²) in [6, 6.07) is 15.9. The van der Waals surface area contributed by atoms with Gasteiger partial charge in [-0.15, -0.1) is 0 Å². The van der Waals surface area contributed by atoms with Crippen LogP contribution in [0, 0.1) is 0 Å². The zero-order valence-electron chi connectivity index (χ0n) is 19.3. The topological polar surface area (TPSA) is 81.1 Å². The van der Waals surface area contributed by atoms with E-state index in [4.69, 9.17) is 4.74 Å². The van der Waals surface area contributed by atoms with Gasteiger partial charge in [0.2, 0.25) is 0 Å². The van der Waals surface area contributed by atoms with Crippen molar-refractivity contribution >= 4 is 16.8 Å². The molecule has 4 aromatic rings. The number of rotatable bonds is 6. The minimum atomic E-state index is 0.00887. The Hall–Kier alpha value is -3.71. The Kier molecular flexibility index (Phi) is 4.88. The van der Waals surface area contributed by atoms with Gasteiger partial charge in [0, 0.05) is 53.5 Å². The van der Waals surface area contributed by atoms with Gasteiger partial charge in [-0.05, 0) is 61.7 Å². The molecule has 7 nitrogen and oxygen atoms in total. The van der Waals surface area contributed by atoms with Crippen molar-refractivity contribution in [2.75, 3.05) is 6.54 Å². The first-order chi connectivity index (χ1) is 16.5. The highest BCUT2D eigenvalue weighted by Gasteiger charge is 2.58. The Bertz CT molecular complexity index is 1410. The van der Waals surface area contributed by atoms with Gasteiger partial charge in [-0.25, -0.2) is 0 Å². The Morgan fingerprint density at radius 1 is 1.21 bits per heavy atom. The largest absolute Gasteiger partial charge is 0.457 e. The second-order valence-corrected chi connectivity index (χ2v) is 9.26. The molecule has 1 saturated heterocycles. The molecular formula is C27H27N5O2. The molecule has 2 N–H and O–H groups in total. The molecule has 6 rings (SSSR count). The molecule has 172 valence electrons. The molecular weight excluding hydrogens is 426 g/mol. The highest BCUT2D eigenvalue weighted by atomic mass is 16.5. The van der Waals surface area contributed by atoms with E-state index in [-0.39, 0.29) is 17.5 Å². The van der Waals surface area contributed by atoms with Gasteiger partial charge in [0.15, 0.2) is 0 Å². The maximum atomic E-state index is 12.9. The number of aromatic nitrogens is 3. The molecule has 1 aliphatic carbocycles. The van der Waals surface area contributed by atoms with E-state index in [1.54, 1.807) is 6.20 Å². The number of benzene rings is 2. The van der Waals surface area contributed by atoms with E-state index in [0.29, 0.717) is 5.75 Å². The fourth-order valence-electron chi connectivity index (χ4n) is 4.87.